The maximum atomic E-state index is 5.97. The minimum absolute atomic E-state index is 0.298. The molecule has 3 nitrogen and oxygen atoms in total. The summed E-state index contributed by atoms with van der Waals surface area (Å²) in [6, 6.07) is 3.49. The van der Waals surface area contributed by atoms with E-state index in [2.05, 4.69) is 10.3 Å². The average molecular weight is 232 g/mol. The maximum absolute atomic E-state index is 5.97. The normalized spacial score (nSPS) is 11.6. The predicted octanol–water partition coefficient (Wildman–Crippen LogP) is 2.66. The molecule has 76 valence electrons. The van der Waals surface area contributed by atoms with Crippen LogP contribution in [0.15, 0.2) is 17.1 Å². The Kier molecular flexibility index (Phi) is 3.61. The number of anilines is 1. The summed E-state index contributed by atoms with van der Waals surface area (Å²) in [5, 5.41) is 4.05. The number of nitrogens with two attached hydrogens (primary N) is 1. The standard InChI is InChI=1S/C9H11Cl2N3/c1-5-3-7(11)8(4-6(5)10)14-9(12)13-2/h3-4H,1-2H3,(H3,12,13,14). The highest BCUT2D eigenvalue weighted by molar-refractivity contribution is 6.36. The van der Waals surface area contributed by atoms with Gasteiger partial charge in [-0.1, -0.05) is 23.2 Å². The smallest absolute Gasteiger partial charge is 0.192 e. The lowest BCUT2D eigenvalue weighted by Crippen LogP contribution is -2.22. The van der Waals surface area contributed by atoms with Crippen molar-refractivity contribution in [3.63, 3.8) is 0 Å². The third kappa shape index (κ3) is 2.53. The van der Waals surface area contributed by atoms with Crippen molar-refractivity contribution in [3.05, 3.63) is 27.7 Å². The zero-order valence-corrected chi connectivity index (χ0v) is 9.45. The van der Waals surface area contributed by atoms with Crippen molar-refractivity contribution in [1.29, 1.82) is 0 Å². The van der Waals surface area contributed by atoms with Gasteiger partial charge in [0.2, 0.25) is 0 Å². The van der Waals surface area contributed by atoms with Gasteiger partial charge in [0.05, 0.1) is 10.7 Å². The highest BCUT2D eigenvalue weighted by Crippen LogP contribution is 2.28. The molecule has 0 amide bonds. The Hall–Kier alpha value is -0.930. The van der Waals surface area contributed by atoms with E-state index < -0.39 is 0 Å². The maximum Gasteiger partial charge on any atom is 0.192 e. The number of halogens is 2. The third-order valence-electron chi connectivity index (χ3n) is 1.75. The minimum Gasteiger partial charge on any atom is -0.370 e. The van der Waals surface area contributed by atoms with Gasteiger partial charge < -0.3 is 11.1 Å². The van der Waals surface area contributed by atoms with E-state index in [0.29, 0.717) is 21.7 Å². The largest absolute Gasteiger partial charge is 0.370 e. The summed E-state index contributed by atoms with van der Waals surface area (Å²) in [6.07, 6.45) is 0. The highest BCUT2D eigenvalue weighted by Gasteiger charge is 2.04. The second-order valence-electron chi connectivity index (χ2n) is 2.82. The zero-order chi connectivity index (χ0) is 10.7. The van der Waals surface area contributed by atoms with Crippen molar-refractivity contribution in [2.45, 2.75) is 6.92 Å². The molecule has 0 radical (unpaired) electrons. The van der Waals surface area contributed by atoms with E-state index in [9.17, 15) is 0 Å². The van der Waals surface area contributed by atoms with Gasteiger partial charge in [-0.3, -0.25) is 4.99 Å². The second-order valence-corrected chi connectivity index (χ2v) is 3.63. The van der Waals surface area contributed by atoms with Gasteiger partial charge in [-0.15, -0.1) is 0 Å². The van der Waals surface area contributed by atoms with Crippen LogP contribution in [-0.4, -0.2) is 13.0 Å². The van der Waals surface area contributed by atoms with Gasteiger partial charge in [-0.2, -0.15) is 0 Å². The van der Waals surface area contributed by atoms with Crippen molar-refractivity contribution < 1.29 is 0 Å². The van der Waals surface area contributed by atoms with Gasteiger partial charge in [-0.25, -0.2) is 0 Å². The Morgan fingerprint density at radius 1 is 1.36 bits per heavy atom. The van der Waals surface area contributed by atoms with Crippen molar-refractivity contribution in [2.75, 3.05) is 12.4 Å². The van der Waals surface area contributed by atoms with E-state index >= 15 is 0 Å². The van der Waals surface area contributed by atoms with Crippen LogP contribution in [0.25, 0.3) is 0 Å². The molecule has 1 aromatic rings. The molecule has 5 heteroatoms. The van der Waals surface area contributed by atoms with Gasteiger partial charge in [0.15, 0.2) is 5.96 Å². The summed E-state index contributed by atoms with van der Waals surface area (Å²) in [7, 11) is 1.59. The number of nitrogens with zero attached hydrogens (tertiary/aromatic N) is 1. The molecule has 0 atom stereocenters. The summed E-state index contributed by atoms with van der Waals surface area (Å²) >= 11 is 11.9. The summed E-state index contributed by atoms with van der Waals surface area (Å²) in [4.78, 5) is 3.76. The van der Waals surface area contributed by atoms with Crippen molar-refractivity contribution in [1.82, 2.24) is 0 Å². The topological polar surface area (TPSA) is 50.4 Å². The Bertz CT molecular complexity index is 375. The van der Waals surface area contributed by atoms with Crippen LogP contribution in [0, 0.1) is 6.92 Å². The molecule has 0 spiro atoms. The number of hydrogen-bond acceptors (Lipinski definition) is 1. The molecule has 0 unspecified atom stereocenters. The Balaban J connectivity index is 3.04. The van der Waals surface area contributed by atoms with Crippen LogP contribution in [0.2, 0.25) is 10.0 Å². The van der Waals surface area contributed by atoms with E-state index in [1.807, 2.05) is 6.92 Å². The molecule has 1 rings (SSSR count). The van der Waals surface area contributed by atoms with Crippen molar-refractivity contribution >= 4 is 34.8 Å². The molecule has 3 N–H and O–H groups in total. The van der Waals surface area contributed by atoms with Gasteiger partial charge in [0.25, 0.3) is 0 Å². The van der Waals surface area contributed by atoms with Gasteiger partial charge in [0, 0.05) is 12.1 Å². The molecule has 0 aromatic heterocycles. The number of nitrogens with one attached hydrogen (secondary N) is 1. The first-order valence-corrected chi connectivity index (χ1v) is 4.75. The molecule has 0 saturated carbocycles. The highest BCUT2D eigenvalue weighted by atomic mass is 35.5. The van der Waals surface area contributed by atoms with Crippen LogP contribution >= 0.6 is 23.2 Å². The molecule has 0 aliphatic rings. The SMILES string of the molecule is CN=C(N)Nc1cc(Cl)c(C)cc1Cl. The Labute approximate surface area is 92.9 Å². The molecule has 0 bridgehead atoms. The number of aryl methyl sites for hydroxylation is 1. The lowest BCUT2D eigenvalue weighted by molar-refractivity contribution is 1.37. The Morgan fingerprint density at radius 2 is 2.00 bits per heavy atom. The predicted molar refractivity (Wildman–Crippen MR) is 62.4 cm³/mol. The van der Waals surface area contributed by atoms with Gasteiger partial charge in [0.1, 0.15) is 0 Å². The number of aliphatic imine (C=N–C) groups is 1. The molecule has 1 aromatic carbocycles. The number of benzene rings is 1. The van der Waals surface area contributed by atoms with Crippen LogP contribution in [0.5, 0.6) is 0 Å². The number of guanidine groups is 1. The summed E-state index contributed by atoms with van der Waals surface area (Å²) in [6.45, 7) is 1.88. The molecule has 0 aliphatic heterocycles. The average Bonchev–Trinajstić information content (AvgIpc) is 2.14. The lowest BCUT2D eigenvalue weighted by Gasteiger charge is -2.08. The first kappa shape index (κ1) is 11.1. The van der Waals surface area contributed by atoms with E-state index in [1.165, 1.54) is 0 Å². The lowest BCUT2D eigenvalue weighted by atomic mass is 10.2. The molecule has 0 heterocycles. The van der Waals surface area contributed by atoms with Crippen molar-refractivity contribution in [2.24, 2.45) is 10.7 Å². The van der Waals surface area contributed by atoms with Crippen molar-refractivity contribution in [3.8, 4) is 0 Å². The fourth-order valence-corrected chi connectivity index (χ4v) is 1.37. The molecule has 0 saturated heterocycles. The second kappa shape index (κ2) is 4.53. The minimum atomic E-state index is 0.298. The van der Waals surface area contributed by atoms with Crippen LogP contribution in [-0.2, 0) is 0 Å². The molecule has 14 heavy (non-hydrogen) atoms. The molecular formula is C9H11Cl2N3. The summed E-state index contributed by atoms with van der Waals surface area (Å²) in [5.41, 5.74) is 7.08. The van der Waals surface area contributed by atoms with Crippen LogP contribution in [0.4, 0.5) is 5.69 Å². The zero-order valence-electron chi connectivity index (χ0n) is 7.94. The Morgan fingerprint density at radius 3 is 2.57 bits per heavy atom. The van der Waals surface area contributed by atoms with Gasteiger partial charge >= 0.3 is 0 Å². The first-order valence-electron chi connectivity index (χ1n) is 3.99. The van der Waals surface area contributed by atoms with E-state index in [4.69, 9.17) is 28.9 Å². The fourth-order valence-electron chi connectivity index (χ4n) is 0.936. The summed E-state index contributed by atoms with van der Waals surface area (Å²) < 4.78 is 0. The molecular weight excluding hydrogens is 221 g/mol. The number of rotatable bonds is 1. The van der Waals surface area contributed by atoms with E-state index in [0.717, 1.165) is 5.56 Å². The van der Waals surface area contributed by atoms with Crippen LogP contribution in [0.3, 0.4) is 0 Å². The first-order chi connectivity index (χ1) is 6.54. The molecule has 0 fully saturated rings. The van der Waals surface area contributed by atoms with Crippen LogP contribution < -0.4 is 11.1 Å². The quantitative estimate of drug-likeness (QED) is 0.577. The van der Waals surface area contributed by atoms with E-state index in [1.54, 1.807) is 19.2 Å². The summed E-state index contributed by atoms with van der Waals surface area (Å²) in [5.74, 6) is 0.298. The fraction of sp³-hybridized carbons (Fsp3) is 0.222. The number of hydrogen-bond donors (Lipinski definition) is 2. The van der Waals surface area contributed by atoms with E-state index in [-0.39, 0.29) is 0 Å². The monoisotopic (exact) mass is 231 g/mol. The van der Waals surface area contributed by atoms with Gasteiger partial charge in [-0.05, 0) is 24.6 Å². The van der Waals surface area contributed by atoms with Crippen LogP contribution in [0.1, 0.15) is 5.56 Å². The third-order valence-corrected chi connectivity index (χ3v) is 2.47. The molecule has 0 aliphatic carbocycles.